The molecule has 9 aliphatic rings. The van der Waals surface area contributed by atoms with Crippen LogP contribution in [0.1, 0.15) is 376 Å². The van der Waals surface area contributed by atoms with Gasteiger partial charge in [0.25, 0.3) is 0 Å². The standard InChI is InChI=1S/C38H46BrN2O.C35H49N2O.C34H47N2O.3C5H10.6CH3.3Fe/c1-4-40(5-2)33-22-18-30(19-23-33)20-25-37-38(3,28-36(42)31-16-7-6-8-17-31)34-24-21-32(39)27-35(34)41(37)26-12-11-15-29-13-9-10-14-29;1-6-9-25-35(4)32-27-31(38-5)22-23-33(32)37(26-13-12-16-28-14-10-11-15-28)34(35)24-19-29-17-20-30(21-18-29)36(7-2)8-3;1-6-35(7-2)30-19-16-29(17-20-30)18-22-33-34(5,25-27(4)37)31-24-26(3)15-21-32(31)36(33)23-11-10-14-28-12-8-9-13-28;3*1-2-4-5-3-1;;;;;;;;;/h6-8,16-25,27,29H,4-5,9-15,26,28H2,1-3H3;6,9,17-24,27-28H,7-8,10-16,25-26H2,1-5H3;15-22,24,28H,6-14,23,25H2,1-5H3;3*1-5H2;6*1H3;;;/q3*+1;;;;6*-1;3*+2/b;9-6+;;;;;;;;;;;;;. The number of fused-ring (bicyclic) bond motifs is 3. The number of anilines is 3. The van der Waals surface area contributed by atoms with E-state index in [1.54, 1.807) is 14.0 Å². The summed E-state index contributed by atoms with van der Waals surface area (Å²) in [6, 6.07) is 56.6. The monoisotopic (exact) mass is 2110 g/mol. The molecule has 0 N–H and O–H groups in total. The predicted octanol–water partition coefficient (Wildman–Crippen LogP) is 35.7. The molecule has 0 saturated heterocycles. The Hall–Kier alpha value is -6.91. The number of benzene rings is 7. The van der Waals surface area contributed by atoms with Crippen LogP contribution in [0, 0.1) is 69.2 Å². The molecule has 0 amide bonds. The van der Waals surface area contributed by atoms with Crippen molar-refractivity contribution in [3.63, 3.8) is 0 Å². The van der Waals surface area contributed by atoms with Gasteiger partial charge < -0.3 is 64.0 Å². The van der Waals surface area contributed by atoms with Crippen molar-refractivity contribution in [1.29, 1.82) is 0 Å². The average molecular weight is 2110 g/mol. The summed E-state index contributed by atoms with van der Waals surface area (Å²) in [6.45, 7) is 35.3. The van der Waals surface area contributed by atoms with Gasteiger partial charge in [-0.3, -0.25) is 9.59 Å². The first-order valence-electron chi connectivity index (χ1n) is 53.1. The zero-order valence-electron chi connectivity index (χ0n) is 91.6. The molecule has 3 heterocycles. The third-order valence-electron chi connectivity index (χ3n) is 30.8. The van der Waals surface area contributed by atoms with Gasteiger partial charge in [-0.1, -0.05) is 305 Å². The number of ether oxygens (including phenoxy) is 1. The fourth-order valence-corrected chi connectivity index (χ4v) is 23.3. The average Bonchev–Trinajstić information content (AvgIpc) is 1.59. The molecule has 6 fully saturated rings. The van der Waals surface area contributed by atoms with Gasteiger partial charge in [-0.05, 0) is 222 Å². The Morgan fingerprint density at radius 1 is 0.383 bits per heavy atom. The summed E-state index contributed by atoms with van der Waals surface area (Å²) in [4.78, 5) is 33.4. The van der Waals surface area contributed by atoms with Gasteiger partial charge in [0.05, 0.1) is 23.4 Å². The molecule has 9 nitrogen and oxygen atoms in total. The van der Waals surface area contributed by atoms with Crippen LogP contribution in [0.4, 0.5) is 34.1 Å². The third kappa shape index (κ3) is 37.5. The number of Topliss-reactive ketones (excluding diaryl/α,β-unsaturated/α-hetero) is 2. The fourth-order valence-electron chi connectivity index (χ4n) is 22.9. The quantitative estimate of drug-likeness (QED) is 0.00960. The van der Waals surface area contributed by atoms with Crippen molar-refractivity contribution in [2.24, 2.45) is 17.8 Å². The second kappa shape index (κ2) is 68.5. The molecule has 3 atom stereocenters. The number of carbonyl (C=O) groups is 2. The van der Waals surface area contributed by atoms with Crippen molar-refractivity contribution in [3.05, 3.63) is 282 Å². The Balaban J connectivity index is 0.000000643. The van der Waals surface area contributed by atoms with E-state index in [1.807, 2.05) is 30.3 Å². The van der Waals surface area contributed by atoms with Crippen LogP contribution in [0.15, 0.2) is 193 Å². The van der Waals surface area contributed by atoms with Crippen molar-refractivity contribution < 1.29 is 79.3 Å². The zero-order chi connectivity index (χ0) is 93.5. The molecule has 3 unspecified atom stereocenters. The third-order valence-corrected chi connectivity index (χ3v) is 31.3. The van der Waals surface area contributed by atoms with Crippen LogP contribution in [0.2, 0.25) is 0 Å². The van der Waals surface area contributed by atoms with Crippen molar-refractivity contribution in [2.45, 2.75) is 350 Å². The number of halogens is 1. The van der Waals surface area contributed by atoms with E-state index in [0.717, 1.165) is 105 Å². The first-order valence-corrected chi connectivity index (χ1v) is 53.9. The first-order chi connectivity index (χ1) is 64.3. The fraction of sp³-hybridized carbons (Fsp3) is 0.523. The number of hydrogen-bond donors (Lipinski definition) is 0. The van der Waals surface area contributed by atoms with Crippen LogP contribution < -0.4 is 19.4 Å². The van der Waals surface area contributed by atoms with Crippen LogP contribution >= 0.6 is 15.9 Å². The molecule has 7 aromatic carbocycles. The summed E-state index contributed by atoms with van der Waals surface area (Å²) in [6.07, 6.45) is 71.3. The summed E-state index contributed by atoms with van der Waals surface area (Å²) < 4.78 is 14.4. The SMILES string of the molecule is C/C=C/CC1(C)C(/C=C/c2ccc(N(CC)CC)cc2)=[N+](CCCCC2CCCC2)c2ccc(OC)cc21.C1CCCC1.C1CCCC1.C1CCCC1.CCN(CC)c1ccc(/C=C/C2=[N+](CCCCC3CCCC3)c3cc(Br)ccc3C2(C)CC(=O)c2ccccc2)cc1.CCN(CC)c1ccc(/C=C/C2=[N+](CCCCC3CCCC3)c3ccc(C)cc3C2(C)CC(C)=O)cc1.[CH3-].[CH3-].[CH3-].[CH3-].[CH3-].[CH3-].[Fe+2].[Fe+2].[Fe+2]. The van der Waals surface area contributed by atoms with Crippen LogP contribution in [0.5, 0.6) is 5.75 Å². The van der Waals surface area contributed by atoms with Gasteiger partial charge in [-0.15, -0.1) is 0 Å². The molecule has 141 heavy (non-hydrogen) atoms. The molecule has 778 valence electrons. The van der Waals surface area contributed by atoms with Crippen LogP contribution in [0.25, 0.3) is 18.2 Å². The molecule has 6 aliphatic carbocycles. The Bertz CT molecular complexity index is 4860. The van der Waals surface area contributed by atoms with E-state index in [-0.39, 0.29) is 118 Å². The first kappa shape index (κ1) is 130. The van der Waals surface area contributed by atoms with E-state index < -0.39 is 5.41 Å². The molecule has 3 aliphatic heterocycles. The largest absolute Gasteiger partial charge is 2.00 e. The Morgan fingerprint density at radius 3 is 1.06 bits per heavy atom. The zero-order valence-corrected chi connectivity index (χ0v) is 96.5. The van der Waals surface area contributed by atoms with Gasteiger partial charge in [0.2, 0.25) is 17.1 Å². The number of hydrogen-bond acceptors (Lipinski definition) is 6. The van der Waals surface area contributed by atoms with Gasteiger partial charge in [-0.2, -0.15) is 13.7 Å². The second-order valence-corrected chi connectivity index (χ2v) is 41.2. The van der Waals surface area contributed by atoms with Gasteiger partial charge in [0.1, 0.15) is 31.2 Å². The van der Waals surface area contributed by atoms with Crippen LogP contribution in [-0.4, -0.2) is 108 Å². The van der Waals surface area contributed by atoms with E-state index in [9.17, 15) is 9.59 Å². The van der Waals surface area contributed by atoms with Crippen molar-refractivity contribution in [3.8, 4) is 5.75 Å². The minimum Gasteiger partial charge on any atom is -0.497 e. The molecular formula is C128H190BrFe3N6O3+3. The number of unbranched alkanes of at least 4 members (excludes halogenated alkanes) is 3. The van der Waals surface area contributed by atoms with E-state index in [2.05, 4.69) is 297 Å². The molecule has 7 aromatic rings. The topological polar surface area (TPSA) is 62.1 Å². The van der Waals surface area contributed by atoms with Gasteiger partial charge in [0, 0.05) is 152 Å². The van der Waals surface area contributed by atoms with E-state index >= 15 is 0 Å². The smallest absolute Gasteiger partial charge is 0.497 e. The molecule has 16 rings (SSSR count). The number of carbonyl (C=O) groups excluding carboxylic acids is 2. The van der Waals surface area contributed by atoms with Crippen LogP contribution in [-0.2, 0) is 72.2 Å². The number of ketones is 2. The normalized spacial score (nSPS) is 18.6. The molecule has 13 heteroatoms. The molecule has 0 spiro atoms. The molecule has 0 radical (unpaired) electrons. The minimum absolute atomic E-state index is 0. The van der Waals surface area contributed by atoms with E-state index in [1.165, 1.54) is 315 Å². The summed E-state index contributed by atoms with van der Waals surface area (Å²) in [5, 5.41) is 0. The van der Waals surface area contributed by atoms with Gasteiger partial charge in [-0.25, -0.2) is 0 Å². The number of methoxy groups -OCH3 is 1. The molecule has 0 bridgehead atoms. The van der Waals surface area contributed by atoms with Gasteiger partial charge in [0.15, 0.2) is 22.9 Å². The number of nitrogens with zero attached hydrogens (tertiary/aromatic N) is 6. The summed E-state index contributed by atoms with van der Waals surface area (Å²) >= 11 is 3.74. The maximum absolute atomic E-state index is 13.7. The van der Waals surface area contributed by atoms with Crippen molar-refractivity contribution in [2.75, 3.05) is 80.7 Å². The molecular weight excluding hydrogens is 1920 g/mol. The van der Waals surface area contributed by atoms with Crippen LogP contribution in [0.3, 0.4) is 0 Å². The van der Waals surface area contributed by atoms with Crippen molar-refractivity contribution >= 4 is 97.0 Å². The Labute approximate surface area is 904 Å². The number of rotatable bonds is 38. The number of allylic oxidation sites excluding steroid dienone is 5. The van der Waals surface area contributed by atoms with E-state index in [0.29, 0.717) is 12.8 Å². The second-order valence-electron chi connectivity index (χ2n) is 40.3. The predicted molar refractivity (Wildman–Crippen MR) is 612 cm³/mol. The maximum Gasteiger partial charge on any atom is 2.00 e. The maximum atomic E-state index is 13.7. The molecule has 6 saturated carbocycles. The Kier molecular flexibility index (Phi) is 63.2. The summed E-state index contributed by atoms with van der Waals surface area (Å²) in [5.74, 6) is 4.19. The van der Waals surface area contributed by atoms with E-state index in [4.69, 9.17) is 4.74 Å². The number of aryl methyl sites for hydroxylation is 1. The minimum atomic E-state index is -0.425. The Morgan fingerprint density at radius 2 is 0.716 bits per heavy atom. The molecule has 0 aromatic heterocycles. The van der Waals surface area contributed by atoms with Crippen molar-refractivity contribution in [1.82, 2.24) is 0 Å². The van der Waals surface area contributed by atoms with Gasteiger partial charge >= 0.3 is 51.2 Å². The summed E-state index contributed by atoms with van der Waals surface area (Å²) in [7, 11) is 1.77. The summed E-state index contributed by atoms with van der Waals surface area (Å²) in [5.41, 5.74) is 20.3.